The van der Waals surface area contributed by atoms with Crippen LogP contribution < -0.4 is 0 Å². The van der Waals surface area contributed by atoms with E-state index in [9.17, 15) is 12.8 Å². The molecule has 0 radical (unpaired) electrons. The lowest BCUT2D eigenvalue weighted by Gasteiger charge is -2.35. The molecule has 0 saturated carbocycles. The largest absolute Gasteiger partial charge is 0.445 e. The van der Waals surface area contributed by atoms with Crippen LogP contribution in [-0.4, -0.2) is 46.1 Å². The van der Waals surface area contributed by atoms with Crippen molar-refractivity contribution in [2.24, 2.45) is 7.05 Å². The third-order valence-electron chi connectivity index (χ3n) is 4.76. The van der Waals surface area contributed by atoms with E-state index >= 15 is 0 Å². The van der Waals surface area contributed by atoms with Crippen LogP contribution in [0.1, 0.15) is 17.2 Å². The monoisotopic (exact) mass is 390 g/mol. The zero-order chi connectivity index (χ0) is 19.0. The Morgan fingerprint density at radius 1 is 1.37 bits per heavy atom. The maximum Gasteiger partial charge on any atom is 0.225 e. The van der Waals surface area contributed by atoms with Crippen molar-refractivity contribution < 1.29 is 17.2 Å². The van der Waals surface area contributed by atoms with Gasteiger partial charge in [0.05, 0.1) is 29.9 Å². The number of hydrogen-bond acceptors (Lipinski definition) is 6. The summed E-state index contributed by atoms with van der Waals surface area (Å²) in [6, 6.07) is 4.49. The normalized spacial score (nSPS) is 20.0. The van der Waals surface area contributed by atoms with Gasteiger partial charge in [0.2, 0.25) is 5.89 Å². The molecule has 142 valence electrons. The fourth-order valence-electron chi connectivity index (χ4n) is 3.34. The fraction of sp³-hybridized carbons (Fsp3) is 0.333. The number of rotatable bonds is 4. The SMILES string of the molecule is Cn1cc(C2CS(=O)(=O)CCN2Cc2ccc(-c3ncco3)cc2F)cn1. The number of hydrogen-bond donors (Lipinski definition) is 0. The van der Waals surface area contributed by atoms with Crippen LogP contribution in [-0.2, 0) is 23.4 Å². The Balaban J connectivity index is 1.60. The van der Waals surface area contributed by atoms with Gasteiger partial charge in [-0.25, -0.2) is 17.8 Å². The van der Waals surface area contributed by atoms with Crippen LogP contribution in [0.3, 0.4) is 0 Å². The second-order valence-corrected chi connectivity index (χ2v) is 8.92. The van der Waals surface area contributed by atoms with Crippen molar-refractivity contribution in [3.8, 4) is 11.5 Å². The van der Waals surface area contributed by atoms with E-state index in [0.29, 0.717) is 30.1 Å². The highest BCUT2D eigenvalue weighted by atomic mass is 32.2. The van der Waals surface area contributed by atoms with Gasteiger partial charge in [-0.1, -0.05) is 6.07 Å². The van der Waals surface area contributed by atoms with Crippen LogP contribution in [0.25, 0.3) is 11.5 Å². The van der Waals surface area contributed by atoms with Crippen molar-refractivity contribution in [2.45, 2.75) is 12.6 Å². The van der Waals surface area contributed by atoms with E-state index < -0.39 is 9.84 Å². The third kappa shape index (κ3) is 3.79. The molecule has 0 N–H and O–H groups in total. The number of benzene rings is 1. The average molecular weight is 390 g/mol. The lowest BCUT2D eigenvalue weighted by atomic mass is 10.1. The molecule has 4 rings (SSSR count). The standard InChI is InChI=1S/C18H19FN4O3S/c1-22-10-15(9-21-22)17-12-27(24,25)7-5-23(17)11-14-3-2-13(8-16(14)19)18-20-4-6-26-18/h2-4,6,8-10,17H,5,7,11-12H2,1H3. The Bertz CT molecular complexity index is 1050. The van der Waals surface area contributed by atoms with Crippen LogP contribution in [0.2, 0.25) is 0 Å². The molecule has 1 aromatic carbocycles. The topological polar surface area (TPSA) is 81.2 Å². The van der Waals surface area contributed by atoms with E-state index in [1.165, 1.54) is 18.5 Å². The first-order valence-electron chi connectivity index (χ1n) is 8.52. The first kappa shape index (κ1) is 17.9. The smallest absolute Gasteiger partial charge is 0.225 e. The Hall–Kier alpha value is -2.52. The summed E-state index contributed by atoms with van der Waals surface area (Å²) in [5.41, 5.74) is 1.88. The molecule has 1 atom stereocenters. The van der Waals surface area contributed by atoms with Crippen molar-refractivity contribution in [2.75, 3.05) is 18.1 Å². The van der Waals surface area contributed by atoms with E-state index in [1.807, 2.05) is 4.90 Å². The zero-order valence-electron chi connectivity index (χ0n) is 14.7. The molecule has 2 aromatic heterocycles. The molecule has 3 aromatic rings. The van der Waals surface area contributed by atoms with Gasteiger partial charge in [0.25, 0.3) is 0 Å². The summed E-state index contributed by atoms with van der Waals surface area (Å²) in [6.45, 7) is 0.662. The summed E-state index contributed by atoms with van der Waals surface area (Å²) in [7, 11) is -1.35. The molecule has 1 fully saturated rings. The van der Waals surface area contributed by atoms with Gasteiger partial charge in [0.1, 0.15) is 12.1 Å². The van der Waals surface area contributed by atoms with Crippen LogP contribution >= 0.6 is 0 Å². The lowest BCUT2D eigenvalue weighted by molar-refractivity contribution is 0.203. The molecule has 1 aliphatic heterocycles. The van der Waals surface area contributed by atoms with Crippen LogP contribution in [0.4, 0.5) is 4.39 Å². The van der Waals surface area contributed by atoms with E-state index in [-0.39, 0.29) is 23.4 Å². The molecule has 1 unspecified atom stereocenters. The highest BCUT2D eigenvalue weighted by Crippen LogP contribution is 2.29. The van der Waals surface area contributed by atoms with Gasteiger partial charge < -0.3 is 4.42 Å². The molecular formula is C18H19FN4O3S. The van der Waals surface area contributed by atoms with Gasteiger partial charge >= 0.3 is 0 Å². The minimum atomic E-state index is -3.14. The van der Waals surface area contributed by atoms with Gasteiger partial charge in [0, 0.05) is 43.0 Å². The molecule has 1 aliphatic rings. The number of aryl methyl sites for hydroxylation is 1. The maximum atomic E-state index is 14.7. The van der Waals surface area contributed by atoms with Gasteiger partial charge in [-0.2, -0.15) is 5.10 Å². The average Bonchev–Trinajstić information content (AvgIpc) is 3.29. The number of halogens is 1. The highest BCUT2D eigenvalue weighted by molar-refractivity contribution is 7.91. The highest BCUT2D eigenvalue weighted by Gasteiger charge is 2.33. The molecular weight excluding hydrogens is 371 g/mol. The Morgan fingerprint density at radius 2 is 2.22 bits per heavy atom. The van der Waals surface area contributed by atoms with E-state index in [0.717, 1.165) is 5.56 Å². The van der Waals surface area contributed by atoms with E-state index in [2.05, 4.69) is 10.1 Å². The molecule has 0 spiro atoms. The summed E-state index contributed by atoms with van der Waals surface area (Å²) in [5, 5.41) is 4.14. The van der Waals surface area contributed by atoms with Crippen LogP contribution in [0.5, 0.6) is 0 Å². The van der Waals surface area contributed by atoms with Gasteiger partial charge in [-0.05, 0) is 12.1 Å². The molecule has 0 amide bonds. The fourth-order valence-corrected chi connectivity index (χ4v) is 4.91. The maximum absolute atomic E-state index is 14.7. The van der Waals surface area contributed by atoms with Gasteiger partial charge in [-0.3, -0.25) is 9.58 Å². The predicted molar refractivity (Wildman–Crippen MR) is 96.9 cm³/mol. The molecule has 7 nitrogen and oxygen atoms in total. The predicted octanol–water partition coefficient (Wildman–Crippen LogP) is 2.19. The zero-order valence-corrected chi connectivity index (χ0v) is 15.6. The van der Waals surface area contributed by atoms with Crippen molar-refractivity contribution in [1.29, 1.82) is 0 Å². The summed E-state index contributed by atoms with van der Waals surface area (Å²) < 4.78 is 45.8. The summed E-state index contributed by atoms with van der Waals surface area (Å²) in [6.07, 6.45) is 6.42. The van der Waals surface area contributed by atoms with Crippen molar-refractivity contribution in [1.82, 2.24) is 19.7 Å². The Labute approximate surface area is 156 Å². The Morgan fingerprint density at radius 3 is 2.89 bits per heavy atom. The molecule has 27 heavy (non-hydrogen) atoms. The van der Waals surface area contributed by atoms with Crippen molar-refractivity contribution in [3.05, 3.63) is 60.0 Å². The first-order chi connectivity index (χ1) is 12.9. The Kier molecular flexibility index (Phi) is 4.56. The van der Waals surface area contributed by atoms with Crippen LogP contribution in [0.15, 0.2) is 47.5 Å². The molecule has 1 saturated heterocycles. The third-order valence-corrected chi connectivity index (χ3v) is 6.39. The molecule has 0 bridgehead atoms. The quantitative estimate of drug-likeness (QED) is 0.679. The molecule has 0 aliphatic carbocycles. The second-order valence-electron chi connectivity index (χ2n) is 6.69. The second kappa shape index (κ2) is 6.90. The van der Waals surface area contributed by atoms with Crippen molar-refractivity contribution in [3.63, 3.8) is 0 Å². The van der Waals surface area contributed by atoms with E-state index in [1.54, 1.807) is 36.3 Å². The minimum absolute atomic E-state index is 0.00864. The summed E-state index contributed by atoms with van der Waals surface area (Å²) >= 11 is 0. The molecule has 9 heteroatoms. The summed E-state index contributed by atoms with van der Waals surface area (Å²) in [4.78, 5) is 6.01. The van der Waals surface area contributed by atoms with Crippen molar-refractivity contribution >= 4 is 9.84 Å². The number of sulfone groups is 1. The molecule has 3 heterocycles. The summed E-state index contributed by atoms with van der Waals surface area (Å²) in [5.74, 6) is 0.0657. The van der Waals surface area contributed by atoms with Gasteiger partial charge in [-0.15, -0.1) is 0 Å². The first-order valence-corrected chi connectivity index (χ1v) is 10.3. The number of oxazole rings is 1. The minimum Gasteiger partial charge on any atom is -0.445 e. The lowest BCUT2D eigenvalue weighted by Crippen LogP contribution is -2.42. The number of aromatic nitrogens is 3. The number of nitrogens with zero attached hydrogens (tertiary/aromatic N) is 4. The van der Waals surface area contributed by atoms with Gasteiger partial charge in [0.15, 0.2) is 9.84 Å². The van der Waals surface area contributed by atoms with E-state index in [4.69, 9.17) is 4.42 Å². The van der Waals surface area contributed by atoms with Crippen LogP contribution in [0, 0.1) is 5.82 Å².